The van der Waals surface area contributed by atoms with Gasteiger partial charge in [-0.1, -0.05) is 18.2 Å². The van der Waals surface area contributed by atoms with Crippen LogP contribution in [-0.4, -0.2) is 20.9 Å². The average Bonchev–Trinajstić information content (AvgIpc) is 2.61. The summed E-state index contributed by atoms with van der Waals surface area (Å²) in [6.45, 7) is 0.294. The van der Waals surface area contributed by atoms with E-state index < -0.39 is 0 Å². The number of pyridine rings is 1. The van der Waals surface area contributed by atoms with E-state index in [0.717, 1.165) is 5.56 Å². The molecule has 0 aliphatic rings. The number of benzene rings is 1. The Balaban J connectivity index is 1.65. The maximum absolute atomic E-state index is 12.1. The third kappa shape index (κ3) is 3.83. The number of nitrogen functional groups attached to an aromatic ring is 1. The summed E-state index contributed by atoms with van der Waals surface area (Å²) in [6, 6.07) is 12.9. The molecule has 0 aliphatic heterocycles. The fourth-order valence-electron chi connectivity index (χ4n) is 2.02. The first-order chi connectivity index (χ1) is 11.7. The summed E-state index contributed by atoms with van der Waals surface area (Å²) < 4.78 is 5.66. The topological polar surface area (TPSA) is 103 Å². The number of rotatable bonds is 5. The SMILES string of the molecule is Nc1nccnc1C(=O)NCc1ccnc(Oc2ccccc2)c1. The fourth-order valence-corrected chi connectivity index (χ4v) is 2.02. The second kappa shape index (κ2) is 7.19. The highest BCUT2D eigenvalue weighted by Crippen LogP contribution is 2.19. The number of hydrogen-bond donors (Lipinski definition) is 2. The van der Waals surface area contributed by atoms with Gasteiger partial charge in [0.05, 0.1) is 0 Å². The zero-order valence-corrected chi connectivity index (χ0v) is 12.7. The lowest BCUT2D eigenvalue weighted by Gasteiger charge is -2.08. The van der Waals surface area contributed by atoms with Crippen molar-refractivity contribution in [2.24, 2.45) is 0 Å². The van der Waals surface area contributed by atoms with Crippen LogP contribution in [0.25, 0.3) is 0 Å². The Morgan fingerprint density at radius 2 is 1.83 bits per heavy atom. The number of carbonyl (C=O) groups excluding carboxylic acids is 1. The highest BCUT2D eigenvalue weighted by Gasteiger charge is 2.11. The van der Waals surface area contributed by atoms with Crippen molar-refractivity contribution in [2.75, 3.05) is 5.73 Å². The summed E-state index contributed by atoms with van der Waals surface area (Å²) in [5.74, 6) is 0.853. The van der Waals surface area contributed by atoms with Gasteiger partial charge >= 0.3 is 0 Å². The molecule has 0 fully saturated rings. The lowest BCUT2D eigenvalue weighted by Crippen LogP contribution is -2.25. The molecule has 2 aromatic heterocycles. The Bertz CT molecular complexity index is 839. The van der Waals surface area contributed by atoms with Crippen LogP contribution < -0.4 is 15.8 Å². The van der Waals surface area contributed by atoms with Crippen LogP contribution in [-0.2, 0) is 6.54 Å². The molecule has 2 heterocycles. The van der Waals surface area contributed by atoms with E-state index in [2.05, 4.69) is 20.3 Å². The summed E-state index contributed by atoms with van der Waals surface area (Å²) in [7, 11) is 0. The maximum atomic E-state index is 12.1. The van der Waals surface area contributed by atoms with E-state index in [-0.39, 0.29) is 17.4 Å². The molecule has 0 saturated carbocycles. The van der Waals surface area contributed by atoms with E-state index in [9.17, 15) is 4.79 Å². The summed E-state index contributed by atoms with van der Waals surface area (Å²) in [5.41, 5.74) is 6.58. The number of ether oxygens (including phenoxy) is 1. The molecule has 0 spiro atoms. The van der Waals surface area contributed by atoms with Crippen LogP contribution in [0, 0.1) is 0 Å². The van der Waals surface area contributed by atoms with Crippen molar-refractivity contribution >= 4 is 11.7 Å². The smallest absolute Gasteiger partial charge is 0.273 e. The zero-order valence-electron chi connectivity index (χ0n) is 12.7. The minimum atomic E-state index is -0.386. The van der Waals surface area contributed by atoms with E-state index in [1.807, 2.05) is 30.3 Å². The number of anilines is 1. The van der Waals surface area contributed by atoms with E-state index in [0.29, 0.717) is 18.2 Å². The van der Waals surface area contributed by atoms with Gasteiger partial charge < -0.3 is 15.8 Å². The van der Waals surface area contributed by atoms with E-state index in [1.165, 1.54) is 12.4 Å². The quantitative estimate of drug-likeness (QED) is 0.746. The van der Waals surface area contributed by atoms with Gasteiger partial charge in [0.2, 0.25) is 5.88 Å². The van der Waals surface area contributed by atoms with Crippen molar-refractivity contribution in [2.45, 2.75) is 6.54 Å². The number of nitrogens with zero attached hydrogens (tertiary/aromatic N) is 3. The van der Waals surface area contributed by atoms with Gasteiger partial charge in [0.1, 0.15) is 5.75 Å². The molecule has 0 radical (unpaired) electrons. The molecule has 120 valence electrons. The van der Waals surface area contributed by atoms with E-state index >= 15 is 0 Å². The second-order valence-electron chi connectivity index (χ2n) is 4.89. The Hall–Kier alpha value is -3.48. The first-order valence-corrected chi connectivity index (χ1v) is 7.25. The molecule has 1 amide bonds. The first kappa shape index (κ1) is 15.4. The molecule has 7 nitrogen and oxygen atoms in total. The highest BCUT2D eigenvalue weighted by atomic mass is 16.5. The molecule has 0 bridgehead atoms. The van der Waals surface area contributed by atoms with Gasteiger partial charge in [-0.05, 0) is 23.8 Å². The zero-order chi connectivity index (χ0) is 16.8. The van der Waals surface area contributed by atoms with Crippen molar-refractivity contribution in [1.82, 2.24) is 20.3 Å². The van der Waals surface area contributed by atoms with Crippen molar-refractivity contribution < 1.29 is 9.53 Å². The predicted molar refractivity (Wildman–Crippen MR) is 88.4 cm³/mol. The molecule has 7 heteroatoms. The third-order valence-electron chi connectivity index (χ3n) is 3.16. The third-order valence-corrected chi connectivity index (χ3v) is 3.16. The molecular weight excluding hydrogens is 306 g/mol. The second-order valence-corrected chi connectivity index (χ2v) is 4.89. The maximum Gasteiger partial charge on any atom is 0.273 e. The lowest BCUT2D eigenvalue weighted by molar-refractivity contribution is 0.0946. The summed E-state index contributed by atoms with van der Waals surface area (Å²) in [5, 5.41) is 2.74. The molecule has 0 saturated heterocycles. The lowest BCUT2D eigenvalue weighted by atomic mass is 10.2. The predicted octanol–water partition coefficient (Wildman–Crippen LogP) is 2.18. The summed E-state index contributed by atoms with van der Waals surface area (Å²) in [6.07, 6.45) is 4.47. The molecule has 3 N–H and O–H groups in total. The van der Waals surface area contributed by atoms with Gasteiger partial charge in [-0.3, -0.25) is 4.79 Å². The Kier molecular flexibility index (Phi) is 4.62. The van der Waals surface area contributed by atoms with Crippen LogP contribution in [0.5, 0.6) is 11.6 Å². The molecule has 3 rings (SSSR count). The molecule has 1 aromatic carbocycles. The van der Waals surface area contributed by atoms with Gasteiger partial charge in [0.25, 0.3) is 5.91 Å². The van der Waals surface area contributed by atoms with Gasteiger partial charge in [-0.25, -0.2) is 15.0 Å². The highest BCUT2D eigenvalue weighted by molar-refractivity contribution is 5.96. The average molecular weight is 321 g/mol. The van der Waals surface area contributed by atoms with Crippen LogP contribution >= 0.6 is 0 Å². The molecular formula is C17H15N5O2. The van der Waals surface area contributed by atoms with Crippen molar-refractivity contribution in [1.29, 1.82) is 0 Å². The van der Waals surface area contributed by atoms with Crippen molar-refractivity contribution in [3.05, 3.63) is 72.3 Å². The van der Waals surface area contributed by atoms with Crippen LogP contribution in [0.1, 0.15) is 16.1 Å². The van der Waals surface area contributed by atoms with Gasteiger partial charge in [0.15, 0.2) is 11.5 Å². The minimum Gasteiger partial charge on any atom is -0.439 e. The van der Waals surface area contributed by atoms with Crippen LogP contribution in [0.2, 0.25) is 0 Å². The monoisotopic (exact) mass is 321 g/mol. The largest absolute Gasteiger partial charge is 0.439 e. The van der Waals surface area contributed by atoms with Gasteiger partial charge in [-0.15, -0.1) is 0 Å². The molecule has 3 aromatic rings. The van der Waals surface area contributed by atoms with Crippen molar-refractivity contribution in [3.63, 3.8) is 0 Å². The molecule has 24 heavy (non-hydrogen) atoms. The summed E-state index contributed by atoms with van der Waals surface area (Å²) in [4.78, 5) is 24.0. The first-order valence-electron chi connectivity index (χ1n) is 7.25. The number of nitrogens with one attached hydrogen (secondary N) is 1. The number of para-hydroxylation sites is 1. The van der Waals surface area contributed by atoms with Crippen LogP contribution in [0.3, 0.4) is 0 Å². The number of carbonyl (C=O) groups is 1. The Morgan fingerprint density at radius 3 is 2.62 bits per heavy atom. The standard InChI is InChI=1S/C17H15N5O2/c18-16-15(20-8-9-21-16)17(23)22-11-12-6-7-19-14(10-12)24-13-4-2-1-3-5-13/h1-10H,11H2,(H2,18,21)(H,22,23). The van der Waals surface area contributed by atoms with Crippen LogP contribution in [0.4, 0.5) is 5.82 Å². The summed E-state index contributed by atoms with van der Waals surface area (Å²) >= 11 is 0. The Morgan fingerprint density at radius 1 is 1.04 bits per heavy atom. The van der Waals surface area contributed by atoms with Crippen LogP contribution in [0.15, 0.2) is 61.1 Å². The van der Waals surface area contributed by atoms with Gasteiger partial charge in [-0.2, -0.15) is 0 Å². The Labute approximate surface area is 138 Å². The number of nitrogens with two attached hydrogens (primary N) is 1. The number of hydrogen-bond acceptors (Lipinski definition) is 6. The molecule has 0 unspecified atom stereocenters. The molecule has 0 aliphatic carbocycles. The normalized spacial score (nSPS) is 10.2. The van der Waals surface area contributed by atoms with Gasteiger partial charge in [0, 0.05) is 31.2 Å². The number of amides is 1. The van der Waals surface area contributed by atoms with Crippen molar-refractivity contribution in [3.8, 4) is 11.6 Å². The van der Waals surface area contributed by atoms with E-state index in [4.69, 9.17) is 10.5 Å². The molecule has 0 atom stereocenters. The number of aromatic nitrogens is 3. The van der Waals surface area contributed by atoms with E-state index in [1.54, 1.807) is 18.3 Å². The minimum absolute atomic E-state index is 0.0952. The fraction of sp³-hybridized carbons (Fsp3) is 0.0588.